The summed E-state index contributed by atoms with van der Waals surface area (Å²) in [5.74, 6) is 0.559. The molecule has 1 aliphatic heterocycles. The van der Waals surface area contributed by atoms with Gasteiger partial charge in [0.15, 0.2) is 5.69 Å². The number of nitrogens with zero attached hydrogens (tertiary/aromatic N) is 2. The molecule has 23 heavy (non-hydrogen) atoms. The van der Waals surface area contributed by atoms with Gasteiger partial charge in [0.1, 0.15) is 0 Å². The first kappa shape index (κ1) is 16.5. The summed E-state index contributed by atoms with van der Waals surface area (Å²) in [6, 6.07) is 0. The SMILES string of the molecule is COCCn1nc(C(=O)NCC2CCCCC2)c2c1CCOC2. The van der Waals surface area contributed by atoms with Gasteiger partial charge in [-0.3, -0.25) is 9.48 Å². The molecule has 3 rings (SSSR count). The van der Waals surface area contributed by atoms with E-state index in [2.05, 4.69) is 10.4 Å². The second kappa shape index (κ2) is 7.93. The first-order valence-electron chi connectivity index (χ1n) is 8.73. The number of ether oxygens (including phenoxy) is 2. The fourth-order valence-corrected chi connectivity index (χ4v) is 3.57. The van der Waals surface area contributed by atoms with Crippen LogP contribution in [0.25, 0.3) is 0 Å². The maximum Gasteiger partial charge on any atom is 0.272 e. The summed E-state index contributed by atoms with van der Waals surface area (Å²) >= 11 is 0. The van der Waals surface area contributed by atoms with Gasteiger partial charge in [0.05, 0.1) is 26.4 Å². The maximum atomic E-state index is 12.6. The van der Waals surface area contributed by atoms with Crippen LogP contribution in [0.1, 0.15) is 53.8 Å². The third kappa shape index (κ3) is 3.93. The molecule has 1 saturated carbocycles. The Morgan fingerprint density at radius 3 is 3.00 bits per heavy atom. The highest BCUT2D eigenvalue weighted by molar-refractivity contribution is 5.94. The Balaban J connectivity index is 1.67. The van der Waals surface area contributed by atoms with Crippen LogP contribution in [0.3, 0.4) is 0 Å². The zero-order chi connectivity index (χ0) is 16.1. The molecule has 1 N–H and O–H groups in total. The summed E-state index contributed by atoms with van der Waals surface area (Å²) in [5, 5.41) is 7.62. The van der Waals surface area contributed by atoms with Crippen LogP contribution in [0.4, 0.5) is 0 Å². The molecule has 0 bridgehead atoms. The largest absolute Gasteiger partial charge is 0.383 e. The number of methoxy groups -OCH3 is 1. The van der Waals surface area contributed by atoms with Crippen molar-refractivity contribution in [2.24, 2.45) is 5.92 Å². The van der Waals surface area contributed by atoms with Crippen LogP contribution in [-0.4, -0.2) is 42.6 Å². The third-order valence-electron chi connectivity index (χ3n) is 4.89. The minimum absolute atomic E-state index is 0.0616. The van der Waals surface area contributed by atoms with Gasteiger partial charge in [0.2, 0.25) is 0 Å². The molecule has 1 aromatic rings. The highest BCUT2D eigenvalue weighted by Crippen LogP contribution is 2.24. The first-order chi connectivity index (χ1) is 11.3. The number of rotatable bonds is 6. The van der Waals surface area contributed by atoms with Crippen LogP contribution in [0, 0.1) is 5.92 Å². The van der Waals surface area contributed by atoms with Crippen LogP contribution in [0.2, 0.25) is 0 Å². The Kier molecular flexibility index (Phi) is 5.67. The molecule has 0 atom stereocenters. The summed E-state index contributed by atoms with van der Waals surface area (Å²) in [6.45, 7) is 3.20. The van der Waals surface area contributed by atoms with Gasteiger partial charge in [-0.1, -0.05) is 19.3 Å². The van der Waals surface area contributed by atoms with E-state index in [9.17, 15) is 4.79 Å². The second-order valence-electron chi connectivity index (χ2n) is 6.51. The van der Waals surface area contributed by atoms with Crippen molar-refractivity contribution >= 4 is 5.91 Å². The van der Waals surface area contributed by atoms with Crippen molar-refractivity contribution in [3.8, 4) is 0 Å². The van der Waals surface area contributed by atoms with E-state index < -0.39 is 0 Å². The van der Waals surface area contributed by atoms with Crippen molar-refractivity contribution in [1.82, 2.24) is 15.1 Å². The fraction of sp³-hybridized carbons (Fsp3) is 0.765. The average molecular weight is 321 g/mol. The Hall–Kier alpha value is -1.40. The van der Waals surface area contributed by atoms with Gasteiger partial charge in [0.25, 0.3) is 5.91 Å². The highest BCUT2D eigenvalue weighted by atomic mass is 16.5. The number of nitrogens with one attached hydrogen (secondary N) is 1. The third-order valence-corrected chi connectivity index (χ3v) is 4.89. The van der Waals surface area contributed by atoms with Crippen molar-refractivity contribution in [2.45, 2.75) is 51.7 Å². The van der Waals surface area contributed by atoms with E-state index in [1.54, 1.807) is 7.11 Å². The molecule has 2 heterocycles. The van der Waals surface area contributed by atoms with Crippen molar-refractivity contribution in [1.29, 1.82) is 0 Å². The molecule has 1 amide bonds. The second-order valence-corrected chi connectivity index (χ2v) is 6.51. The predicted octanol–water partition coefficient (Wildman–Crippen LogP) is 1.91. The number of amides is 1. The lowest BCUT2D eigenvalue weighted by Crippen LogP contribution is -2.31. The molecule has 0 unspecified atom stereocenters. The molecule has 0 aromatic carbocycles. The van der Waals surface area contributed by atoms with Crippen LogP contribution < -0.4 is 5.32 Å². The number of aromatic nitrogens is 2. The standard InChI is InChI=1S/C17H27N3O3/c1-22-10-8-20-15-7-9-23-12-14(15)16(19-20)17(21)18-11-13-5-3-2-4-6-13/h13H,2-12H2,1H3,(H,18,21). The Bertz CT molecular complexity index is 535. The van der Waals surface area contributed by atoms with Crippen LogP contribution in [-0.2, 0) is 29.0 Å². The van der Waals surface area contributed by atoms with E-state index >= 15 is 0 Å². The summed E-state index contributed by atoms with van der Waals surface area (Å²) in [6.07, 6.45) is 7.17. The minimum atomic E-state index is -0.0616. The highest BCUT2D eigenvalue weighted by Gasteiger charge is 2.25. The monoisotopic (exact) mass is 321 g/mol. The molecule has 1 aromatic heterocycles. The van der Waals surface area contributed by atoms with Gasteiger partial charge in [-0.25, -0.2) is 0 Å². The van der Waals surface area contributed by atoms with E-state index in [-0.39, 0.29) is 5.91 Å². The lowest BCUT2D eigenvalue weighted by molar-refractivity contribution is 0.0916. The molecule has 0 radical (unpaired) electrons. The van der Waals surface area contributed by atoms with Crippen molar-refractivity contribution in [3.63, 3.8) is 0 Å². The normalized spacial score (nSPS) is 18.7. The van der Waals surface area contributed by atoms with Gasteiger partial charge < -0.3 is 14.8 Å². The van der Waals surface area contributed by atoms with E-state index in [0.717, 1.165) is 24.2 Å². The molecular weight excluding hydrogens is 294 g/mol. The molecule has 1 aliphatic carbocycles. The molecule has 0 spiro atoms. The first-order valence-corrected chi connectivity index (χ1v) is 8.73. The summed E-state index contributed by atoms with van der Waals surface area (Å²) in [5.41, 5.74) is 2.61. The van der Waals surface area contributed by atoms with Gasteiger partial charge >= 0.3 is 0 Å². The number of fused-ring (bicyclic) bond motifs is 1. The lowest BCUT2D eigenvalue weighted by Gasteiger charge is -2.21. The lowest BCUT2D eigenvalue weighted by atomic mass is 9.89. The molecule has 1 fully saturated rings. The van der Waals surface area contributed by atoms with Gasteiger partial charge in [0, 0.05) is 31.3 Å². The van der Waals surface area contributed by atoms with Crippen molar-refractivity contribution in [2.75, 3.05) is 26.9 Å². The smallest absolute Gasteiger partial charge is 0.272 e. The van der Waals surface area contributed by atoms with Gasteiger partial charge in [-0.05, 0) is 18.8 Å². The molecule has 0 saturated heterocycles. The molecular formula is C17H27N3O3. The Labute approximate surface area is 137 Å². The van der Waals surface area contributed by atoms with E-state index in [1.165, 1.54) is 32.1 Å². The number of hydrogen-bond acceptors (Lipinski definition) is 4. The summed E-state index contributed by atoms with van der Waals surface area (Å²) in [4.78, 5) is 12.6. The topological polar surface area (TPSA) is 65.4 Å². The Morgan fingerprint density at radius 2 is 2.22 bits per heavy atom. The molecule has 128 valence electrons. The Morgan fingerprint density at radius 1 is 1.39 bits per heavy atom. The number of hydrogen-bond donors (Lipinski definition) is 1. The quantitative estimate of drug-likeness (QED) is 0.869. The predicted molar refractivity (Wildman–Crippen MR) is 86.4 cm³/mol. The van der Waals surface area contributed by atoms with E-state index in [0.29, 0.717) is 38.0 Å². The van der Waals surface area contributed by atoms with Crippen LogP contribution >= 0.6 is 0 Å². The van der Waals surface area contributed by atoms with Crippen LogP contribution in [0.5, 0.6) is 0 Å². The van der Waals surface area contributed by atoms with Gasteiger partial charge in [-0.2, -0.15) is 5.10 Å². The maximum absolute atomic E-state index is 12.6. The van der Waals surface area contributed by atoms with E-state index in [1.807, 2.05) is 4.68 Å². The fourth-order valence-electron chi connectivity index (χ4n) is 3.57. The molecule has 6 heteroatoms. The zero-order valence-electron chi connectivity index (χ0n) is 14.0. The summed E-state index contributed by atoms with van der Waals surface area (Å²) < 4.78 is 12.6. The number of carbonyl (C=O) groups is 1. The minimum Gasteiger partial charge on any atom is -0.383 e. The molecule has 6 nitrogen and oxygen atoms in total. The van der Waals surface area contributed by atoms with Gasteiger partial charge in [-0.15, -0.1) is 0 Å². The van der Waals surface area contributed by atoms with Crippen molar-refractivity contribution < 1.29 is 14.3 Å². The summed E-state index contributed by atoms with van der Waals surface area (Å²) in [7, 11) is 1.68. The average Bonchev–Trinajstić information content (AvgIpc) is 2.98. The van der Waals surface area contributed by atoms with Crippen molar-refractivity contribution in [3.05, 3.63) is 17.0 Å². The zero-order valence-corrected chi connectivity index (χ0v) is 14.0. The number of carbonyl (C=O) groups excluding carboxylic acids is 1. The van der Waals surface area contributed by atoms with Crippen LogP contribution in [0.15, 0.2) is 0 Å². The molecule has 2 aliphatic rings. The van der Waals surface area contributed by atoms with E-state index in [4.69, 9.17) is 9.47 Å².